The largest absolute Gasteiger partial charge is 0.465 e. The van der Waals surface area contributed by atoms with E-state index in [9.17, 15) is 29.2 Å². The number of nitrogens with zero attached hydrogens (tertiary/aromatic N) is 1. The van der Waals surface area contributed by atoms with Crippen LogP contribution in [0.15, 0.2) is 24.7 Å². The van der Waals surface area contributed by atoms with Crippen molar-refractivity contribution in [3.63, 3.8) is 0 Å². The number of aliphatic hydroxyl groups excluding tert-OH is 1. The van der Waals surface area contributed by atoms with Gasteiger partial charge in [-0.25, -0.2) is 14.6 Å². The van der Waals surface area contributed by atoms with E-state index in [0.29, 0.717) is 0 Å². The summed E-state index contributed by atoms with van der Waals surface area (Å²) in [5.74, 6) is -5.56. The quantitative estimate of drug-likeness (QED) is 0.135. The molecule has 1 rings (SSSR count). The molecule has 0 aromatic carbocycles. The number of hydrogen-bond acceptors (Lipinski definition) is 11. The van der Waals surface area contributed by atoms with Gasteiger partial charge < -0.3 is 34.6 Å². The van der Waals surface area contributed by atoms with Crippen molar-refractivity contribution < 1.29 is 52.3 Å². The molecular formula is C21H36FN4O10P. The Morgan fingerprint density at radius 3 is 2.11 bits per heavy atom. The molecule has 0 saturated carbocycles. The summed E-state index contributed by atoms with van der Waals surface area (Å²) in [6.07, 6.45) is -0.328. The number of carbonyl (C=O) groups excluding carboxylic acids is 3. The lowest BCUT2D eigenvalue weighted by atomic mass is 9.99. The van der Waals surface area contributed by atoms with Gasteiger partial charge in [-0.15, -0.1) is 0 Å². The molecule has 0 aromatic heterocycles. The molecule has 1 aliphatic heterocycles. The Labute approximate surface area is 214 Å². The first-order valence-corrected chi connectivity index (χ1v) is 12.9. The Hall–Kier alpha value is -2.39. The number of methoxy groups -OCH3 is 1. The van der Waals surface area contributed by atoms with Crippen LogP contribution in [0.1, 0.15) is 34.6 Å². The maximum absolute atomic E-state index is 15.8. The second kappa shape index (κ2) is 13.4. The lowest BCUT2D eigenvalue weighted by Crippen LogP contribution is -2.63. The van der Waals surface area contributed by atoms with Gasteiger partial charge in [0.05, 0.1) is 13.2 Å². The predicted octanol–water partition coefficient (Wildman–Crippen LogP) is -0.00820. The summed E-state index contributed by atoms with van der Waals surface area (Å²) in [7, 11) is -3.60. The SMILES string of the molecule is C=C1NC(=O)C=CN1[C@](C)(O)[C@H](O)C(F)(COP(=O)(NC(C)C(=O)OCC)NC(C)C(=O)OCC)OC. The van der Waals surface area contributed by atoms with Crippen LogP contribution in [0.25, 0.3) is 0 Å². The molecule has 0 spiro atoms. The number of alkyl halides is 1. The van der Waals surface area contributed by atoms with Gasteiger partial charge in [0.15, 0.2) is 11.8 Å². The Bertz CT molecular complexity index is 903. The molecule has 3 unspecified atom stereocenters. The molecule has 1 aliphatic rings. The third-order valence-electron chi connectivity index (χ3n) is 5.14. The second-order valence-electron chi connectivity index (χ2n) is 8.14. The molecule has 0 saturated heterocycles. The predicted molar refractivity (Wildman–Crippen MR) is 128 cm³/mol. The fourth-order valence-corrected chi connectivity index (χ4v) is 4.94. The Morgan fingerprint density at radius 2 is 1.70 bits per heavy atom. The smallest absolute Gasteiger partial charge is 0.342 e. The van der Waals surface area contributed by atoms with Gasteiger partial charge in [-0.3, -0.25) is 23.5 Å². The summed E-state index contributed by atoms with van der Waals surface area (Å²) in [4.78, 5) is 36.5. The van der Waals surface area contributed by atoms with Gasteiger partial charge in [0.2, 0.25) is 0 Å². The van der Waals surface area contributed by atoms with E-state index in [1.165, 1.54) is 13.8 Å². The molecule has 1 heterocycles. The molecule has 0 fully saturated rings. The highest BCUT2D eigenvalue weighted by Gasteiger charge is 2.53. The number of carbonyl (C=O) groups is 3. The summed E-state index contributed by atoms with van der Waals surface area (Å²) in [5.41, 5.74) is -2.46. The van der Waals surface area contributed by atoms with Crippen LogP contribution in [0.4, 0.5) is 4.39 Å². The molecular weight excluding hydrogens is 518 g/mol. The summed E-state index contributed by atoms with van der Waals surface area (Å²) in [5, 5.41) is 28.7. The van der Waals surface area contributed by atoms with E-state index >= 15 is 4.39 Å². The average molecular weight is 555 g/mol. The van der Waals surface area contributed by atoms with Crippen LogP contribution < -0.4 is 15.5 Å². The van der Waals surface area contributed by atoms with E-state index in [1.807, 2.05) is 0 Å². The number of nitrogens with one attached hydrogen (secondary N) is 3. The van der Waals surface area contributed by atoms with E-state index < -0.39 is 61.9 Å². The summed E-state index contributed by atoms with van der Waals surface area (Å²) >= 11 is 0. The summed E-state index contributed by atoms with van der Waals surface area (Å²) < 4.78 is 49.2. The highest BCUT2D eigenvalue weighted by atomic mass is 31.2. The van der Waals surface area contributed by atoms with Crippen molar-refractivity contribution in [1.82, 2.24) is 20.4 Å². The van der Waals surface area contributed by atoms with Crippen LogP contribution in [0.2, 0.25) is 0 Å². The molecule has 5 N–H and O–H groups in total. The molecule has 5 atom stereocenters. The van der Waals surface area contributed by atoms with Gasteiger partial charge in [-0.1, -0.05) is 6.58 Å². The molecule has 0 radical (unpaired) electrons. The lowest BCUT2D eigenvalue weighted by molar-refractivity contribution is -0.274. The Kier molecular flexibility index (Phi) is 11.8. The van der Waals surface area contributed by atoms with E-state index in [2.05, 4.69) is 22.1 Å². The first kappa shape index (κ1) is 32.6. The van der Waals surface area contributed by atoms with Crippen molar-refractivity contribution in [3.8, 4) is 0 Å². The van der Waals surface area contributed by atoms with Gasteiger partial charge in [0, 0.05) is 19.4 Å². The zero-order valence-electron chi connectivity index (χ0n) is 21.6. The average Bonchev–Trinajstić information content (AvgIpc) is 2.82. The minimum atomic E-state index is -4.46. The van der Waals surface area contributed by atoms with Crippen molar-refractivity contribution in [2.75, 3.05) is 26.9 Å². The van der Waals surface area contributed by atoms with E-state index in [-0.39, 0.29) is 19.0 Å². The first-order valence-electron chi connectivity index (χ1n) is 11.3. The second-order valence-corrected chi connectivity index (χ2v) is 10.0. The minimum Gasteiger partial charge on any atom is -0.465 e. The molecule has 212 valence electrons. The highest BCUT2D eigenvalue weighted by Crippen LogP contribution is 2.42. The summed E-state index contributed by atoms with van der Waals surface area (Å²) in [6.45, 7) is 9.05. The Balaban J connectivity index is 3.21. The number of aliphatic hydroxyl groups is 2. The maximum atomic E-state index is 15.8. The van der Waals surface area contributed by atoms with Crippen LogP contribution in [-0.4, -0.2) is 89.7 Å². The molecule has 0 bridgehead atoms. The van der Waals surface area contributed by atoms with Gasteiger partial charge in [-0.2, -0.15) is 0 Å². The number of halogens is 1. The number of rotatable bonds is 15. The summed E-state index contributed by atoms with van der Waals surface area (Å²) in [6, 6.07) is -2.47. The van der Waals surface area contributed by atoms with Crippen LogP contribution in [0, 0.1) is 0 Å². The van der Waals surface area contributed by atoms with Gasteiger partial charge in [-0.05, 0) is 34.6 Å². The fourth-order valence-electron chi connectivity index (χ4n) is 3.13. The molecule has 37 heavy (non-hydrogen) atoms. The van der Waals surface area contributed by atoms with Gasteiger partial charge >= 0.3 is 19.6 Å². The van der Waals surface area contributed by atoms with E-state index in [4.69, 9.17) is 18.7 Å². The molecule has 0 aromatic rings. The number of amides is 1. The first-order chi connectivity index (χ1) is 17.1. The number of ether oxygens (including phenoxy) is 3. The topological polar surface area (TPSA) is 185 Å². The fraction of sp³-hybridized carbons (Fsp3) is 0.667. The number of esters is 2. The van der Waals surface area contributed by atoms with Crippen molar-refractivity contribution in [1.29, 1.82) is 0 Å². The van der Waals surface area contributed by atoms with E-state index in [1.54, 1.807) is 13.8 Å². The third-order valence-corrected chi connectivity index (χ3v) is 7.08. The Morgan fingerprint density at radius 1 is 1.22 bits per heavy atom. The standard InChI is InChI=1S/C21H36FN4O10P/c1-8-34-17(28)13(3)24-37(32,25-14(4)18(29)35-9-2)36-12-21(22,33-7)19(30)20(6,31)26-11-10-16(27)23-15(26)5/h10-11,13-14,19,30-31H,5,8-9,12H2,1-4,6-7H3,(H,23,27)(H2,24,25,32)/t13?,14?,19-,20+,21?,37?/m0/s1. The van der Waals surface area contributed by atoms with Crippen LogP contribution in [0.3, 0.4) is 0 Å². The molecule has 14 nitrogen and oxygen atoms in total. The van der Waals surface area contributed by atoms with Crippen molar-refractivity contribution >= 4 is 25.5 Å². The van der Waals surface area contributed by atoms with Crippen LogP contribution >= 0.6 is 7.67 Å². The van der Waals surface area contributed by atoms with Gasteiger partial charge in [0.1, 0.15) is 24.5 Å². The van der Waals surface area contributed by atoms with Crippen LogP contribution in [-0.2, 0) is 37.7 Å². The minimum absolute atomic E-state index is 0.0257. The monoisotopic (exact) mass is 554 g/mol. The van der Waals surface area contributed by atoms with Crippen molar-refractivity contribution in [2.24, 2.45) is 0 Å². The molecule has 16 heteroatoms. The zero-order valence-corrected chi connectivity index (χ0v) is 22.5. The van der Waals surface area contributed by atoms with Crippen molar-refractivity contribution in [3.05, 3.63) is 24.7 Å². The zero-order chi connectivity index (χ0) is 28.6. The van der Waals surface area contributed by atoms with Gasteiger partial charge in [0.25, 0.3) is 11.8 Å². The third kappa shape index (κ3) is 8.57. The van der Waals surface area contributed by atoms with Crippen LogP contribution in [0.5, 0.6) is 0 Å². The molecule has 1 amide bonds. The lowest BCUT2D eigenvalue weighted by Gasteiger charge is -2.45. The highest BCUT2D eigenvalue weighted by molar-refractivity contribution is 7.54. The number of hydrogen-bond donors (Lipinski definition) is 5. The maximum Gasteiger partial charge on any atom is 0.342 e. The van der Waals surface area contributed by atoms with Crippen molar-refractivity contribution in [2.45, 2.75) is 64.4 Å². The van der Waals surface area contributed by atoms with E-state index in [0.717, 1.165) is 31.2 Å². The normalized spacial score (nSPS) is 21.1. The molecule has 0 aliphatic carbocycles.